The van der Waals surface area contributed by atoms with Gasteiger partial charge >= 0.3 is 5.97 Å². The summed E-state index contributed by atoms with van der Waals surface area (Å²) < 4.78 is 3.43. The second-order valence-corrected chi connectivity index (χ2v) is 5.32. The van der Waals surface area contributed by atoms with Gasteiger partial charge in [-0.3, -0.25) is 14.3 Å². The fourth-order valence-electron chi connectivity index (χ4n) is 2.51. The monoisotopic (exact) mass is 324 g/mol. The topological polar surface area (TPSA) is 89.2 Å². The van der Waals surface area contributed by atoms with Crippen LogP contribution in [0.4, 0.5) is 5.69 Å². The Morgan fingerprint density at radius 1 is 1.21 bits per heavy atom. The molecular formula is C17H16N4O3. The first-order chi connectivity index (χ1) is 11.5. The summed E-state index contributed by atoms with van der Waals surface area (Å²) in [5.74, 6) is -0.570. The van der Waals surface area contributed by atoms with Crippen LogP contribution < -0.4 is 5.32 Å². The lowest BCUT2D eigenvalue weighted by molar-refractivity contribution is -0.136. The lowest BCUT2D eigenvalue weighted by Crippen LogP contribution is -2.15. The van der Waals surface area contributed by atoms with Crippen molar-refractivity contribution in [3.63, 3.8) is 0 Å². The van der Waals surface area contributed by atoms with Gasteiger partial charge in [0, 0.05) is 25.1 Å². The van der Waals surface area contributed by atoms with Gasteiger partial charge in [-0.15, -0.1) is 0 Å². The number of benzene rings is 1. The van der Waals surface area contributed by atoms with Crippen LogP contribution in [0.25, 0.3) is 5.82 Å². The molecule has 0 saturated carbocycles. The van der Waals surface area contributed by atoms with E-state index < -0.39 is 5.97 Å². The number of aliphatic carboxylic acids is 1. The lowest BCUT2D eigenvalue weighted by atomic mass is 10.1. The predicted molar refractivity (Wildman–Crippen MR) is 88.3 cm³/mol. The van der Waals surface area contributed by atoms with E-state index in [1.807, 2.05) is 29.1 Å². The van der Waals surface area contributed by atoms with E-state index in [1.54, 1.807) is 36.0 Å². The summed E-state index contributed by atoms with van der Waals surface area (Å²) in [4.78, 5) is 23.4. The minimum absolute atomic E-state index is 0.0920. The molecule has 0 aliphatic carbocycles. The number of anilines is 1. The summed E-state index contributed by atoms with van der Waals surface area (Å²) >= 11 is 0. The molecule has 2 heterocycles. The van der Waals surface area contributed by atoms with E-state index in [4.69, 9.17) is 5.11 Å². The van der Waals surface area contributed by atoms with Crippen LogP contribution in [0.5, 0.6) is 0 Å². The molecule has 0 fully saturated rings. The number of amides is 1. The molecule has 2 aromatic heterocycles. The van der Waals surface area contributed by atoms with Gasteiger partial charge in [0.25, 0.3) is 5.91 Å². The highest BCUT2D eigenvalue weighted by molar-refractivity contribution is 6.06. The standard InChI is InChI=1S/C17H16N4O3/c1-20-17(21-7-2-3-8-21)14(11-18-20)16(24)19-13-6-4-5-12(9-13)10-15(22)23/h2-9,11H,10H2,1H3,(H,19,24)(H,22,23). The molecule has 0 bridgehead atoms. The number of hydrogen-bond donors (Lipinski definition) is 2. The van der Waals surface area contributed by atoms with Crippen molar-refractivity contribution in [1.29, 1.82) is 0 Å². The first-order valence-electron chi connectivity index (χ1n) is 7.32. The molecule has 0 spiro atoms. The first-order valence-corrected chi connectivity index (χ1v) is 7.32. The Morgan fingerprint density at radius 2 is 1.96 bits per heavy atom. The van der Waals surface area contributed by atoms with Crippen LogP contribution in [0.1, 0.15) is 15.9 Å². The molecular weight excluding hydrogens is 308 g/mol. The van der Waals surface area contributed by atoms with Crippen molar-refractivity contribution < 1.29 is 14.7 Å². The first kappa shape index (κ1) is 15.5. The molecule has 7 nitrogen and oxygen atoms in total. The second kappa shape index (κ2) is 6.41. The molecule has 1 amide bonds. The summed E-state index contributed by atoms with van der Waals surface area (Å²) in [5, 5.41) is 15.8. The highest BCUT2D eigenvalue weighted by Gasteiger charge is 2.17. The van der Waals surface area contributed by atoms with E-state index in [1.165, 1.54) is 6.20 Å². The van der Waals surface area contributed by atoms with E-state index in [9.17, 15) is 9.59 Å². The Kier molecular flexibility index (Phi) is 4.15. The summed E-state index contributed by atoms with van der Waals surface area (Å²) in [6, 6.07) is 10.5. The van der Waals surface area contributed by atoms with E-state index in [0.717, 1.165) is 0 Å². The third-order valence-corrected chi connectivity index (χ3v) is 3.54. The van der Waals surface area contributed by atoms with Gasteiger partial charge in [0.2, 0.25) is 0 Å². The number of carbonyl (C=O) groups excluding carboxylic acids is 1. The van der Waals surface area contributed by atoms with Crippen molar-refractivity contribution in [3.8, 4) is 5.82 Å². The second-order valence-electron chi connectivity index (χ2n) is 5.32. The summed E-state index contributed by atoms with van der Waals surface area (Å²) in [5.41, 5.74) is 1.59. The highest BCUT2D eigenvalue weighted by Crippen LogP contribution is 2.17. The number of carbonyl (C=O) groups is 2. The van der Waals surface area contributed by atoms with Gasteiger partial charge < -0.3 is 15.0 Å². The molecule has 0 saturated heterocycles. The van der Waals surface area contributed by atoms with E-state index in [2.05, 4.69) is 10.4 Å². The Morgan fingerprint density at radius 3 is 2.67 bits per heavy atom. The minimum Gasteiger partial charge on any atom is -0.481 e. The molecule has 0 aliphatic heterocycles. The molecule has 0 radical (unpaired) electrons. The molecule has 7 heteroatoms. The normalized spacial score (nSPS) is 10.5. The Balaban J connectivity index is 1.85. The zero-order valence-corrected chi connectivity index (χ0v) is 13.0. The van der Waals surface area contributed by atoms with Gasteiger partial charge in [-0.05, 0) is 29.8 Å². The van der Waals surface area contributed by atoms with Crippen LogP contribution in [-0.2, 0) is 18.3 Å². The smallest absolute Gasteiger partial charge is 0.307 e. The molecule has 3 rings (SSSR count). The van der Waals surface area contributed by atoms with E-state index in [-0.39, 0.29) is 12.3 Å². The van der Waals surface area contributed by atoms with Crippen LogP contribution in [0.2, 0.25) is 0 Å². The predicted octanol–water partition coefficient (Wildman–Crippen LogP) is 2.09. The number of carboxylic acid groups (broad SMARTS) is 1. The van der Waals surface area contributed by atoms with E-state index in [0.29, 0.717) is 22.6 Å². The Bertz CT molecular complexity index is 881. The van der Waals surface area contributed by atoms with Crippen LogP contribution in [-0.4, -0.2) is 31.3 Å². The van der Waals surface area contributed by atoms with Crippen molar-refractivity contribution in [2.75, 3.05) is 5.32 Å². The average Bonchev–Trinajstić information content (AvgIpc) is 3.15. The number of aromatic nitrogens is 3. The number of nitrogens with zero attached hydrogens (tertiary/aromatic N) is 3. The van der Waals surface area contributed by atoms with Crippen LogP contribution in [0.15, 0.2) is 55.0 Å². The Labute approximate surface area is 138 Å². The molecule has 1 aromatic carbocycles. The van der Waals surface area contributed by atoms with Gasteiger partial charge in [-0.25, -0.2) is 0 Å². The summed E-state index contributed by atoms with van der Waals surface area (Å²) in [6.45, 7) is 0. The number of carboxylic acids is 1. The molecule has 3 aromatic rings. The maximum Gasteiger partial charge on any atom is 0.307 e. The van der Waals surface area contributed by atoms with Gasteiger partial charge in [0.15, 0.2) is 0 Å². The maximum atomic E-state index is 12.6. The van der Waals surface area contributed by atoms with Gasteiger partial charge in [0.1, 0.15) is 11.4 Å². The van der Waals surface area contributed by atoms with Crippen molar-refractivity contribution in [2.45, 2.75) is 6.42 Å². The third kappa shape index (κ3) is 3.19. The maximum absolute atomic E-state index is 12.6. The van der Waals surface area contributed by atoms with Crippen LogP contribution in [0.3, 0.4) is 0 Å². The van der Waals surface area contributed by atoms with Gasteiger partial charge in [-0.2, -0.15) is 5.10 Å². The van der Waals surface area contributed by atoms with Crippen molar-refractivity contribution in [2.24, 2.45) is 7.05 Å². The fraction of sp³-hybridized carbons (Fsp3) is 0.118. The van der Waals surface area contributed by atoms with Crippen LogP contribution >= 0.6 is 0 Å². The quantitative estimate of drug-likeness (QED) is 0.752. The number of hydrogen-bond acceptors (Lipinski definition) is 3. The molecule has 0 aliphatic rings. The molecule has 2 N–H and O–H groups in total. The zero-order valence-electron chi connectivity index (χ0n) is 13.0. The number of rotatable bonds is 5. The number of nitrogens with one attached hydrogen (secondary N) is 1. The van der Waals surface area contributed by atoms with Gasteiger partial charge in [0.05, 0.1) is 12.6 Å². The highest BCUT2D eigenvalue weighted by atomic mass is 16.4. The van der Waals surface area contributed by atoms with E-state index >= 15 is 0 Å². The fourth-order valence-corrected chi connectivity index (χ4v) is 2.51. The van der Waals surface area contributed by atoms with Crippen molar-refractivity contribution in [1.82, 2.24) is 14.3 Å². The summed E-state index contributed by atoms with van der Waals surface area (Å²) in [7, 11) is 1.76. The van der Waals surface area contributed by atoms with Gasteiger partial charge in [-0.1, -0.05) is 12.1 Å². The minimum atomic E-state index is -0.916. The molecule has 24 heavy (non-hydrogen) atoms. The molecule has 0 atom stereocenters. The van der Waals surface area contributed by atoms with Crippen LogP contribution in [0, 0.1) is 0 Å². The molecule has 0 unspecified atom stereocenters. The zero-order chi connectivity index (χ0) is 17.1. The average molecular weight is 324 g/mol. The summed E-state index contributed by atoms with van der Waals surface area (Å²) in [6.07, 6.45) is 5.08. The third-order valence-electron chi connectivity index (χ3n) is 3.54. The molecule has 122 valence electrons. The largest absolute Gasteiger partial charge is 0.481 e. The van der Waals surface area contributed by atoms with Crippen molar-refractivity contribution >= 4 is 17.6 Å². The SMILES string of the molecule is Cn1ncc(C(=O)Nc2cccc(CC(=O)O)c2)c1-n1cccc1. The van der Waals surface area contributed by atoms with Crippen molar-refractivity contribution in [3.05, 3.63) is 66.1 Å². The number of aryl methyl sites for hydroxylation is 1. The lowest BCUT2D eigenvalue weighted by Gasteiger charge is -2.09. The Hall–Kier alpha value is -3.35.